The number of likely N-dealkylation sites (tertiary alicyclic amines) is 1. The standard InChI is InChI=1S/C21H30F3N3O/c1-13(2)8-18(25)20(28)26-19-7-6-15-11-27(12-17(15)19)10-14-4-3-5-16(9-14)21(22,23)24/h3-5,9,13,15,17-19H,6-8,10-12,25H2,1-2H3,(H,26,28)/t15-,17?,18-,19?/m0/s1. The van der Waals surface area contributed by atoms with Crippen molar-refractivity contribution in [1.82, 2.24) is 10.2 Å². The van der Waals surface area contributed by atoms with Crippen LogP contribution in [0.4, 0.5) is 13.2 Å². The summed E-state index contributed by atoms with van der Waals surface area (Å²) < 4.78 is 38.8. The number of rotatable bonds is 6. The summed E-state index contributed by atoms with van der Waals surface area (Å²) in [5.74, 6) is 1.11. The molecule has 4 nitrogen and oxygen atoms in total. The number of amides is 1. The molecule has 1 aliphatic heterocycles. The number of halogens is 3. The second-order valence-electron chi connectivity index (χ2n) is 8.74. The van der Waals surface area contributed by atoms with Gasteiger partial charge in [0, 0.05) is 25.7 Å². The summed E-state index contributed by atoms with van der Waals surface area (Å²) in [5, 5.41) is 3.13. The summed E-state index contributed by atoms with van der Waals surface area (Å²) in [6.45, 7) is 6.25. The molecule has 3 rings (SSSR count). The Kier molecular flexibility index (Phi) is 6.34. The number of hydrogen-bond acceptors (Lipinski definition) is 3. The predicted molar refractivity (Wildman–Crippen MR) is 102 cm³/mol. The molecule has 0 spiro atoms. The summed E-state index contributed by atoms with van der Waals surface area (Å²) in [6.07, 6.45) is -1.67. The van der Waals surface area contributed by atoms with E-state index >= 15 is 0 Å². The molecule has 1 aromatic carbocycles. The summed E-state index contributed by atoms with van der Waals surface area (Å²) in [4.78, 5) is 14.6. The van der Waals surface area contributed by atoms with Gasteiger partial charge in [0.1, 0.15) is 0 Å². The lowest BCUT2D eigenvalue weighted by Crippen LogP contribution is -2.48. The second kappa shape index (κ2) is 8.41. The molecule has 1 heterocycles. The number of hydrogen-bond donors (Lipinski definition) is 2. The third-order valence-corrected chi connectivity index (χ3v) is 5.98. The van der Waals surface area contributed by atoms with Crippen molar-refractivity contribution in [2.75, 3.05) is 13.1 Å². The van der Waals surface area contributed by atoms with Crippen molar-refractivity contribution < 1.29 is 18.0 Å². The molecule has 1 amide bonds. The zero-order chi connectivity index (χ0) is 20.5. The van der Waals surface area contributed by atoms with E-state index in [1.807, 2.05) is 13.8 Å². The molecular formula is C21H30F3N3O. The molecule has 2 fully saturated rings. The van der Waals surface area contributed by atoms with Crippen LogP contribution in [0, 0.1) is 17.8 Å². The first-order chi connectivity index (χ1) is 13.1. The number of nitrogens with one attached hydrogen (secondary N) is 1. The first kappa shape index (κ1) is 21.1. The van der Waals surface area contributed by atoms with Crippen molar-refractivity contribution in [3.63, 3.8) is 0 Å². The molecule has 1 aliphatic carbocycles. The van der Waals surface area contributed by atoms with Crippen molar-refractivity contribution in [3.05, 3.63) is 35.4 Å². The quantitative estimate of drug-likeness (QED) is 0.774. The van der Waals surface area contributed by atoms with Crippen LogP contribution >= 0.6 is 0 Å². The van der Waals surface area contributed by atoms with E-state index in [1.165, 1.54) is 12.1 Å². The van der Waals surface area contributed by atoms with Crippen LogP contribution in [0.5, 0.6) is 0 Å². The molecule has 2 unspecified atom stereocenters. The number of alkyl halides is 3. The fourth-order valence-corrected chi connectivity index (χ4v) is 4.67. The Morgan fingerprint density at radius 1 is 1.29 bits per heavy atom. The zero-order valence-electron chi connectivity index (χ0n) is 16.5. The molecule has 28 heavy (non-hydrogen) atoms. The SMILES string of the molecule is CC(C)C[C@H](N)C(=O)NC1CC[C@H]2CN(Cc3cccc(C(F)(F)F)c3)CC12. The van der Waals surface area contributed by atoms with Gasteiger partial charge in [-0.05, 0) is 48.6 Å². The Morgan fingerprint density at radius 2 is 2.04 bits per heavy atom. The molecular weight excluding hydrogens is 367 g/mol. The lowest BCUT2D eigenvalue weighted by molar-refractivity contribution is -0.137. The number of carbonyl (C=O) groups is 1. The van der Waals surface area contributed by atoms with Crippen LogP contribution in [0.3, 0.4) is 0 Å². The minimum absolute atomic E-state index is 0.0873. The topological polar surface area (TPSA) is 58.4 Å². The van der Waals surface area contributed by atoms with E-state index in [2.05, 4.69) is 10.2 Å². The van der Waals surface area contributed by atoms with E-state index in [4.69, 9.17) is 5.73 Å². The van der Waals surface area contributed by atoms with Crippen LogP contribution < -0.4 is 11.1 Å². The van der Waals surface area contributed by atoms with Crippen molar-refractivity contribution in [2.24, 2.45) is 23.5 Å². The molecule has 1 aromatic rings. The Hall–Kier alpha value is -1.60. The summed E-state index contributed by atoms with van der Waals surface area (Å²) in [7, 11) is 0. The Bertz CT molecular complexity index is 692. The maximum Gasteiger partial charge on any atom is 0.416 e. The highest BCUT2D eigenvalue weighted by atomic mass is 19.4. The maximum absolute atomic E-state index is 12.9. The molecule has 7 heteroatoms. The van der Waals surface area contributed by atoms with Gasteiger partial charge in [0.2, 0.25) is 5.91 Å². The van der Waals surface area contributed by atoms with Gasteiger partial charge in [-0.1, -0.05) is 32.0 Å². The highest BCUT2D eigenvalue weighted by molar-refractivity contribution is 5.81. The minimum atomic E-state index is -4.32. The Balaban J connectivity index is 1.57. The van der Waals surface area contributed by atoms with E-state index in [-0.39, 0.29) is 11.9 Å². The maximum atomic E-state index is 12.9. The van der Waals surface area contributed by atoms with E-state index in [0.29, 0.717) is 36.3 Å². The number of nitrogens with zero attached hydrogens (tertiary/aromatic N) is 1. The van der Waals surface area contributed by atoms with Gasteiger partial charge in [-0.3, -0.25) is 9.69 Å². The number of carbonyl (C=O) groups excluding carboxylic acids is 1. The van der Waals surface area contributed by atoms with Gasteiger partial charge in [-0.15, -0.1) is 0 Å². The Morgan fingerprint density at radius 3 is 2.71 bits per heavy atom. The normalized spacial score (nSPS) is 26.5. The molecule has 1 saturated heterocycles. The van der Waals surface area contributed by atoms with Crippen molar-refractivity contribution in [2.45, 2.75) is 57.9 Å². The van der Waals surface area contributed by atoms with Crippen molar-refractivity contribution in [3.8, 4) is 0 Å². The number of fused-ring (bicyclic) bond motifs is 1. The van der Waals surface area contributed by atoms with E-state index < -0.39 is 17.8 Å². The van der Waals surface area contributed by atoms with Gasteiger partial charge in [-0.2, -0.15) is 13.2 Å². The van der Waals surface area contributed by atoms with Gasteiger partial charge in [0.15, 0.2) is 0 Å². The smallest absolute Gasteiger partial charge is 0.352 e. The zero-order valence-corrected chi connectivity index (χ0v) is 16.5. The van der Waals surface area contributed by atoms with Crippen LogP contribution in [0.2, 0.25) is 0 Å². The number of benzene rings is 1. The molecule has 2 aliphatic rings. The van der Waals surface area contributed by atoms with Gasteiger partial charge in [0.05, 0.1) is 11.6 Å². The molecule has 4 atom stereocenters. The number of nitrogens with two attached hydrogens (primary N) is 1. The highest BCUT2D eigenvalue weighted by Gasteiger charge is 2.43. The van der Waals surface area contributed by atoms with E-state index in [0.717, 1.165) is 32.0 Å². The first-order valence-corrected chi connectivity index (χ1v) is 10.1. The lowest BCUT2D eigenvalue weighted by atomic mass is 9.97. The van der Waals surface area contributed by atoms with Gasteiger partial charge in [-0.25, -0.2) is 0 Å². The molecule has 0 aromatic heterocycles. The predicted octanol–water partition coefficient (Wildman–Crippen LogP) is 3.41. The van der Waals surface area contributed by atoms with Crippen LogP contribution in [-0.2, 0) is 17.5 Å². The minimum Gasteiger partial charge on any atom is -0.352 e. The summed E-state index contributed by atoms with van der Waals surface area (Å²) in [6, 6.07) is 5.18. The van der Waals surface area contributed by atoms with Gasteiger partial charge >= 0.3 is 6.18 Å². The van der Waals surface area contributed by atoms with Crippen LogP contribution in [0.25, 0.3) is 0 Å². The lowest BCUT2D eigenvalue weighted by Gasteiger charge is -2.24. The Labute approximate surface area is 164 Å². The second-order valence-corrected chi connectivity index (χ2v) is 8.74. The van der Waals surface area contributed by atoms with Crippen LogP contribution in [0.1, 0.15) is 44.2 Å². The third kappa shape index (κ3) is 5.06. The fourth-order valence-electron chi connectivity index (χ4n) is 4.67. The molecule has 0 radical (unpaired) electrons. The first-order valence-electron chi connectivity index (χ1n) is 10.1. The molecule has 156 valence electrons. The van der Waals surface area contributed by atoms with Crippen LogP contribution in [-0.4, -0.2) is 36.0 Å². The third-order valence-electron chi connectivity index (χ3n) is 5.98. The molecule has 1 saturated carbocycles. The average Bonchev–Trinajstić information content (AvgIpc) is 3.15. The van der Waals surface area contributed by atoms with Crippen molar-refractivity contribution in [1.29, 1.82) is 0 Å². The van der Waals surface area contributed by atoms with E-state index in [1.54, 1.807) is 6.07 Å². The highest BCUT2D eigenvalue weighted by Crippen LogP contribution is 2.39. The average molecular weight is 397 g/mol. The molecule has 0 bridgehead atoms. The summed E-state index contributed by atoms with van der Waals surface area (Å²) in [5.41, 5.74) is 6.07. The fraction of sp³-hybridized carbons (Fsp3) is 0.667. The summed E-state index contributed by atoms with van der Waals surface area (Å²) >= 11 is 0. The van der Waals surface area contributed by atoms with Gasteiger partial charge in [0.25, 0.3) is 0 Å². The largest absolute Gasteiger partial charge is 0.416 e. The molecule has 3 N–H and O–H groups in total. The monoisotopic (exact) mass is 397 g/mol. The van der Waals surface area contributed by atoms with Crippen LogP contribution in [0.15, 0.2) is 24.3 Å². The van der Waals surface area contributed by atoms with Crippen molar-refractivity contribution >= 4 is 5.91 Å². The van der Waals surface area contributed by atoms with Gasteiger partial charge < -0.3 is 11.1 Å². The van der Waals surface area contributed by atoms with E-state index in [9.17, 15) is 18.0 Å².